The molecule has 3 heterocycles. The van der Waals surface area contributed by atoms with Crippen LogP contribution >= 0.6 is 23.1 Å². The van der Waals surface area contributed by atoms with E-state index in [-0.39, 0.29) is 22.0 Å². The molecule has 0 aliphatic carbocycles. The van der Waals surface area contributed by atoms with Crippen molar-refractivity contribution in [3.05, 3.63) is 43.9 Å². The number of fused-ring (bicyclic) bond motifs is 1. The van der Waals surface area contributed by atoms with Crippen LogP contribution in [0.3, 0.4) is 0 Å². The van der Waals surface area contributed by atoms with E-state index in [4.69, 9.17) is 15.6 Å². The smallest absolute Gasteiger partial charge is 0.338 e. The molecule has 1 saturated heterocycles. The number of aliphatic carboxylic acids is 1. The number of carbonyl (C=O) groups excluding carboxylic acids is 2. The molecule has 0 bridgehead atoms. The molecule has 1 fully saturated rings. The summed E-state index contributed by atoms with van der Waals surface area (Å²) >= 11 is 2.35. The Balaban J connectivity index is 2.23. The van der Waals surface area contributed by atoms with Crippen molar-refractivity contribution in [1.29, 1.82) is 5.26 Å². The Bertz CT molecular complexity index is 956. The fourth-order valence-electron chi connectivity index (χ4n) is 3.10. The van der Waals surface area contributed by atoms with Crippen LogP contribution in [0.15, 0.2) is 33.4 Å². The third-order valence-corrected chi connectivity index (χ3v) is 6.69. The Labute approximate surface area is 162 Å². The molecule has 2 aliphatic rings. The lowest BCUT2D eigenvalue weighted by Gasteiger charge is -2.31. The third-order valence-electron chi connectivity index (χ3n) is 4.33. The van der Waals surface area contributed by atoms with Gasteiger partial charge in [-0.15, -0.1) is 11.3 Å². The van der Waals surface area contributed by atoms with Gasteiger partial charge in [-0.3, -0.25) is 14.5 Å². The molecule has 27 heavy (non-hydrogen) atoms. The van der Waals surface area contributed by atoms with Crippen LogP contribution in [0.2, 0.25) is 0 Å². The van der Waals surface area contributed by atoms with E-state index in [1.54, 1.807) is 0 Å². The van der Waals surface area contributed by atoms with Gasteiger partial charge in [-0.1, -0.05) is 11.8 Å². The van der Waals surface area contributed by atoms with Crippen molar-refractivity contribution in [3.63, 3.8) is 0 Å². The van der Waals surface area contributed by atoms with Crippen molar-refractivity contribution >= 4 is 40.9 Å². The minimum absolute atomic E-state index is 0.00766. The Hall–Kier alpha value is -2.77. The average Bonchev–Trinajstić information content (AvgIpc) is 3.17. The van der Waals surface area contributed by atoms with Crippen LogP contribution in [0.25, 0.3) is 0 Å². The van der Waals surface area contributed by atoms with Gasteiger partial charge in [0.15, 0.2) is 0 Å². The zero-order valence-electron chi connectivity index (χ0n) is 14.4. The molecule has 140 valence electrons. The fraction of sp³-hybridized carbons (Fsp3) is 0.294. The van der Waals surface area contributed by atoms with E-state index < -0.39 is 35.4 Å². The van der Waals surface area contributed by atoms with Gasteiger partial charge in [0.25, 0.3) is 0 Å². The summed E-state index contributed by atoms with van der Waals surface area (Å²) in [5.74, 6) is -3.33. The zero-order chi connectivity index (χ0) is 19.9. The molecule has 2 unspecified atom stereocenters. The van der Waals surface area contributed by atoms with E-state index >= 15 is 0 Å². The van der Waals surface area contributed by atoms with Crippen molar-refractivity contribution in [2.24, 2.45) is 5.73 Å². The summed E-state index contributed by atoms with van der Waals surface area (Å²) in [6, 6.07) is 3.95. The van der Waals surface area contributed by atoms with E-state index in [0.717, 1.165) is 27.1 Å². The summed E-state index contributed by atoms with van der Waals surface area (Å²) in [7, 11) is 1.19. The first kappa shape index (κ1) is 19.0. The fourth-order valence-corrected chi connectivity index (χ4v) is 5.44. The Morgan fingerprint density at radius 1 is 1.48 bits per heavy atom. The van der Waals surface area contributed by atoms with Crippen LogP contribution in [-0.2, 0) is 19.1 Å². The topological polar surface area (TPSA) is 134 Å². The molecule has 0 aromatic carbocycles. The minimum atomic E-state index is -1.14. The highest BCUT2D eigenvalue weighted by Crippen LogP contribution is 2.51. The van der Waals surface area contributed by atoms with Gasteiger partial charge in [0.1, 0.15) is 11.1 Å². The number of carbonyl (C=O) groups is 3. The number of esters is 1. The molecule has 3 rings (SSSR count). The molecule has 1 amide bonds. The maximum atomic E-state index is 12.7. The molecule has 10 heteroatoms. The van der Waals surface area contributed by atoms with Crippen LogP contribution in [0.1, 0.15) is 22.8 Å². The summed E-state index contributed by atoms with van der Waals surface area (Å²) in [4.78, 5) is 38.1. The average molecular weight is 405 g/mol. The van der Waals surface area contributed by atoms with E-state index in [9.17, 15) is 19.6 Å². The second kappa shape index (κ2) is 7.09. The lowest BCUT2D eigenvalue weighted by atomic mass is 9.86. The van der Waals surface area contributed by atoms with Gasteiger partial charge in [0.05, 0.1) is 41.7 Å². The number of amides is 1. The Kier molecular flexibility index (Phi) is 4.99. The molecular weight excluding hydrogens is 390 g/mol. The predicted octanol–water partition coefficient (Wildman–Crippen LogP) is 1.65. The molecular formula is C17H15N3O5S2. The van der Waals surface area contributed by atoms with E-state index in [2.05, 4.69) is 6.07 Å². The van der Waals surface area contributed by atoms with E-state index in [0.29, 0.717) is 0 Å². The number of ether oxygens (including phenoxy) is 1. The second-order valence-electron chi connectivity index (χ2n) is 5.90. The lowest BCUT2D eigenvalue weighted by molar-refractivity contribution is -0.139. The van der Waals surface area contributed by atoms with Gasteiger partial charge < -0.3 is 15.6 Å². The van der Waals surface area contributed by atoms with Gasteiger partial charge in [0, 0.05) is 4.88 Å². The quantitative estimate of drug-likeness (QED) is 0.722. The molecule has 0 saturated carbocycles. The van der Waals surface area contributed by atoms with Crippen LogP contribution in [0.5, 0.6) is 0 Å². The van der Waals surface area contributed by atoms with Crippen molar-refractivity contribution in [3.8, 4) is 6.07 Å². The predicted molar refractivity (Wildman–Crippen MR) is 98.1 cm³/mol. The van der Waals surface area contributed by atoms with Gasteiger partial charge in [-0.05, 0) is 23.9 Å². The molecule has 2 aliphatic heterocycles. The Morgan fingerprint density at radius 3 is 2.70 bits per heavy atom. The summed E-state index contributed by atoms with van der Waals surface area (Å²) in [5.41, 5.74) is 7.23. The number of allylic oxidation sites excluding steroid dienone is 1. The van der Waals surface area contributed by atoms with Gasteiger partial charge in [-0.2, -0.15) is 5.26 Å². The molecule has 0 radical (unpaired) electrons. The number of rotatable bonds is 4. The SMILES string of the molecule is COC(=O)C1=C(N)N2C(=O)C(CC(=O)O)SC2=C(C#N)C1c1sccc1C. The van der Waals surface area contributed by atoms with Gasteiger partial charge >= 0.3 is 11.9 Å². The number of carboxylic acid groups (broad SMARTS) is 1. The van der Waals surface area contributed by atoms with Crippen molar-refractivity contribution < 1.29 is 24.2 Å². The number of nitrogens with zero attached hydrogens (tertiary/aromatic N) is 2. The van der Waals surface area contributed by atoms with Crippen molar-refractivity contribution in [1.82, 2.24) is 4.90 Å². The molecule has 0 spiro atoms. The Morgan fingerprint density at radius 2 is 2.19 bits per heavy atom. The van der Waals surface area contributed by atoms with Crippen LogP contribution in [0.4, 0.5) is 0 Å². The number of nitriles is 1. The highest BCUT2D eigenvalue weighted by Gasteiger charge is 2.49. The van der Waals surface area contributed by atoms with Crippen LogP contribution in [-0.4, -0.2) is 40.2 Å². The monoisotopic (exact) mass is 405 g/mol. The van der Waals surface area contributed by atoms with E-state index in [1.165, 1.54) is 18.4 Å². The highest BCUT2D eigenvalue weighted by molar-refractivity contribution is 8.04. The number of carboxylic acids is 1. The molecule has 3 N–H and O–H groups in total. The number of hydrogen-bond acceptors (Lipinski definition) is 8. The van der Waals surface area contributed by atoms with Gasteiger partial charge in [0.2, 0.25) is 5.91 Å². The highest BCUT2D eigenvalue weighted by atomic mass is 32.2. The number of thioether (sulfide) groups is 1. The minimum Gasteiger partial charge on any atom is -0.481 e. The number of hydrogen-bond donors (Lipinski definition) is 2. The van der Waals surface area contributed by atoms with E-state index in [1.807, 2.05) is 18.4 Å². The normalized spacial score (nSPS) is 22.0. The first-order valence-electron chi connectivity index (χ1n) is 7.80. The summed E-state index contributed by atoms with van der Waals surface area (Å²) in [5, 5.41) is 20.1. The van der Waals surface area contributed by atoms with Gasteiger partial charge in [-0.25, -0.2) is 4.79 Å². The standard InChI is InChI=1S/C17H15N3O5S2/c1-7-3-4-26-13(7)11-8(6-18)16-20(14(19)12(11)17(24)25-2)15(23)9(27-16)5-10(21)22/h3-4,9,11H,5,19H2,1-2H3,(H,21,22). The number of methoxy groups -OCH3 is 1. The molecule has 1 aromatic rings. The number of thiophene rings is 1. The first-order chi connectivity index (χ1) is 12.8. The molecule has 1 aromatic heterocycles. The largest absolute Gasteiger partial charge is 0.481 e. The van der Waals surface area contributed by atoms with Crippen LogP contribution < -0.4 is 5.73 Å². The maximum absolute atomic E-state index is 12.7. The lowest BCUT2D eigenvalue weighted by Crippen LogP contribution is -2.39. The maximum Gasteiger partial charge on any atom is 0.338 e. The number of nitrogens with two attached hydrogens (primary N) is 1. The summed E-state index contributed by atoms with van der Waals surface area (Å²) in [6.45, 7) is 1.85. The van der Waals surface area contributed by atoms with Crippen LogP contribution in [0, 0.1) is 18.3 Å². The van der Waals surface area contributed by atoms with Crippen molar-refractivity contribution in [2.75, 3.05) is 7.11 Å². The second-order valence-corrected chi connectivity index (χ2v) is 8.04. The number of aryl methyl sites for hydroxylation is 1. The summed E-state index contributed by atoms with van der Waals surface area (Å²) < 4.78 is 4.85. The third kappa shape index (κ3) is 2.98. The summed E-state index contributed by atoms with van der Waals surface area (Å²) in [6.07, 6.45) is -0.411. The molecule has 2 atom stereocenters. The first-order valence-corrected chi connectivity index (χ1v) is 9.56. The van der Waals surface area contributed by atoms with Crippen molar-refractivity contribution in [2.45, 2.75) is 24.5 Å². The molecule has 8 nitrogen and oxygen atoms in total. The zero-order valence-corrected chi connectivity index (χ0v) is 16.0.